The highest BCUT2D eigenvalue weighted by molar-refractivity contribution is 7.98. The molecule has 0 bridgehead atoms. The zero-order valence-electron chi connectivity index (χ0n) is 16.0. The van der Waals surface area contributed by atoms with Gasteiger partial charge in [-0.05, 0) is 51.6 Å². The summed E-state index contributed by atoms with van der Waals surface area (Å²) in [4.78, 5) is 40.6. The molecule has 144 valence electrons. The number of hydrogen-bond donors (Lipinski definition) is 1. The largest absolute Gasteiger partial charge is 0.459 e. The van der Waals surface area contributed by atoms with Crippen LogP contribution in [0.5, 0.6) is 0 Å². The second-order valence-electron chi connectivity index (χ2n) is 6.31. The van der Waals surface area contributed by atoms with Crippen molar-refractivity contribution in [2.45, 2.75) is 38.7 Å². The Labute approximate surface area is 162 Å². The fraction of sp³-hybridized carbons (Fsp3) is 0.350. The van der Waals surface area contributed by atoms with Crippen molar-refractivity contribution in [3.63, 3.8) is 0 Å². The van der Waals surface area contributed by atoms with Crippen LogP contribution in [0.2, 0.25) is 0 Å². The van der Waals surface area contributed by atoms with Gasteiger partial charge in [-0.15, -0.1) is 11.8 Å². The smallest absolute Gasteiger partial charge is 0.355 e. The van der Waals surface area contributed by atoms with Crippen LogP contribution in [-0.2, 0) is 9.47 Å². The number of H-pyrrole nitrogens is 1. The molecular weight excluding hydrogens is 366 g/mol. The van der Waals surface area contributed by atoms with Crippen LogP contribution in [0.1, 0.15) is 56.3 Å². The van der Waals surface area contributed by atoms with E-state index in [0.29, 0.717) is 22.4 Å². The van der Waals surface area contributed by atoms with Crippen LogP contribution in [0.15, 0.2) is 29.2 Å². The van der Waals surface area contributed by atoms with Gasteiger partial charge in [0.15, 0.2) is 12.4 Å². The number of thioether (sulfide) groups is 1. The van der Waals surface area contributed by atoms with E-state index < -0.39 is 11.9 Å². The number of ether oxygens (including phenoxy) is 2. The van der Waals surface area contributed by atoms with E-state index >= 15 is 0 Å². The zero-order valence-corrected chi connectivity index (χ0v) is 16.9. The molecule has 0 atom stereocenters. The Morgan fingerprint density at radius 3 is 2.26 bits per heavy atom. The Bertz CT molecular complexity index is 852. The molecule has 0 aliphatic rings. The molecule has 0 saturated heterocycles. The van der Waals surface area contributed by atoms with Gasteiger partial charge in [-0.3, -0.25) is 4.79 Å². The summed E-state index contributed by atoms with van der Waals surface area (Å²) in [6.45, 7) is 6.45. The summed E-state index contributed by atoms with van der Waals surface area (Å²) in [7, 11) is 0. The molecule has 0 spiro atoms. The molecular formula is C20H23NO5S. The second kappa shape index (κ2) is 8.90. The highest BCUT2D eigenvalue weighted by atomic mass is 32.2. The van der Waals surface area contributed by atoms with Gasteiger partial charge in [0.25, 0.3) is 0 Å². The summed E-state index contributed by atoms with van der Waals surface area (Å²) in [5, 5.41) is 0. The number of carbonyl (C=O) groups excluding carboxylic acids is 3. The molecule has 0 fully saturated rings. The minimum absolute atomic E-state index is 0.147. The quantitative estimate of drug-likeness (QED) is 0.438. The predicted molar refractivity (Wildman–Crippen MR) is 104 cm³/mol. The third-order valence-electron chi connectivity index (χ3n) is 3.93. The van der Waals surface area contributed by atoms with Gasteiger partial charge in [-0.25, -0.2) is 9.59 Å². The van der Waals surface area contributed by atoms with E-state index in [4.69, 9.17) is 9.47 Å². The van der Waals surface area contributed by atoms with Crippen molar-refractivity contribution in [3.05, 3.63) is 52.3 Å². The summed E-state index contributed by atoms with van der Waals surface area (Å²) in [5.74, 6) is -1.48. The standard InChI is InChI=1S/C20H23NO5S/c1-11(2)26-19(23)17-12(3)18(21-13(17)4)20(24)25-10-16(22)14-6-8-15(27-5)9-7-14/h6-9,11,21H,10H2,1-5H3. The number of nitrogens with one attached hydrogen (secondary N) is 1. The second-order valence-corrected chi connectivity index (χ2v) is 7.19. The first kappa shape index (κ1) is 20.8. The van der Waals surface area contributed by atoms with Crippen LogP contribution in [0.4, 0.5) is 0 Å². The first-order chi connectivity index (χ1) is 12.7. The van der Waals surface area contributed by atoms with Crippen molar-refractivity contribution in [1.82, 2.24) is 4.98 Å². The van der Waals surface area contributed by atoms with E-state index in [1.165, 1.54) is 0 Å². The van der Waals surface area contributed by atoms with Gasteiger partial charge in [0.1, 0.15) is 5.69 Å². The molecule has 0 aliphatic heterocycles. The van der Waals surface area contributed by atoms with Gasteiger partial charge in [0.2, 0.25) is 0 Å². The molecule has 6 nitrogen and oxygen atoms in total. The van der Waals surface area contributed by atoms with Crippen molar-refractivity contribution in [3.8, 4) is 0 Å². The molecule has 7 heteroatoms. The molecule has 0 unspecified atom stereocenters. The molecule has 27 heavy (non-hydrogen) atoms. The lowest BCUT2D eigenvalue weighted by Crippen LogP contribution is -2.16. The Balaban J connectivity index is 2.07. The number of ketones is 1. The Morgan fingerprint density at radius 2 is 1.70 bits per heavy atom. The monoisotopic (exact) mass is 389 g/mol. The summed E-state index contributed by atoms with van der Waals surface area (Å²) in [6.07, 6.45) is 1.68. The molecule has 0 aliphatic carbocycles. The first-order valence-corrected chi connectivity index (χ1v) is 9.71. The summed E-state index contributed by atoms with van der Waals surface area (Å²) in [6, 6.07) is 7.08. The molecule has 0 saturated carbocycles. The number of hydrogen-bond acceptors (Lipinski definition) is 6. The maximum Gasteiger partial charge on any atom is 0.355 e. The number of Topliss-reactive ketones (excluding diaryl/α,β-unsaturated/α-hetero) is 1. The Kier molecular flexibility index (Phi) is 6.85. The van der Waals surface area contributed by atoms with Gasteiger partial charge in [0, 0.05) is 16.2 Å². The third-order valence-corrected chi connectivity index (χ3v) is 4.68. The molecule has 1 aromatic carbocycles. The van der Waals surface area contributed by atoms with Gasteiger partial charge < -0.3 is 14.5 Å². The van der Waals surface area contributed by atoms with E-state index in [1.807, 2.05) is 18.4 Å². The van der Waals surface area contributed by atoms with Crippen LogP contribution in [0, 0.1) is 13.8 Å². The van der Waals surface area contributed by atoms with E-state index in [1.54, 1.807) is 51.6 Å². The molecule has 0 amide bonds. The first-order valence-electron chi connectivity index (χ1n) is 8.49. The van der Waals surface area contributed by atoms with Crippen molar-refractivity contribution in [2.24, 2.45) is 0 Å². The van der Waals surface area contributed by atoms with Gasteiger partial charge in [0.05, 0.1) is 11.7 Å². The van der Waals surface area contributed by atoms with Crippen molar-refractivity contribution < 1.29 is 23.9 Å². The number of carbonyl (C=O) groups is 3. The maximum absolute atomic E-state index is 12.4. The van der Waals surface area contributed by atoms with Gasteiger partial charge >= 0.3 is 11.9 Å². The minimum Gasteiger partial charge on any atom is -0.459 e. The number of aromatic amines is 1. The van der Waals surface area contributed by atoms with Gasteiger partial charge in [-0.1, -0.05) is 12.1 Å². The summed E-state index contributed by atoms with van der Waals surface area (Å²) >= 11 is 1.58. The van der Waals surface area contributed by atoms with E-state index in [0.717, 1.165) is 4.90 Å². The highest BCUT2D eigenvalue weighted by Gasteiger charge is 2.25. The summed E-state index contributed by atoms with van der Waals surface area (Å²) in [5.41, 5.74) is 1.90. The van der Waals surface area contributed by atoms with Crippen LogP contribution in [0.3, 0.4) is 0 Å². The van der Waals surface area contributed by atoms with Crippen molar-refractivity contribution in [2.75, 3.05) is 12.9 Å². The van der Waals surface area contributed by atoms with Crippen LogP contribution < -0.4 is 0 Å². The lowest BCUT2D eigenvalue weighted by molar-refractivity contribution is 0.0376. The van der Waals surface area contributed by atoms with E-state index in [-0.39, 0.29) is 24.2 Å². The number of rotatable bonds is 7. The van der Waals surface area contributed by atoms with Crippen molar-refractivity contribution in [1.29, 1.82) is 0 Å². The van der Waals surface area contributed by atoms with E-state index in [2.05, 4.69) is 4.98 Å². The molecule has 1 heterocycles. The Hall–Kier alpha value is -2.54. The lowest BCUT2D eigenvalue weighted by atomic mass is 10.1. The normalized spacial score (nSPS) is 10.7. The molecule has 1 aromatic heterocycles. The molecule has 1 N–H and O–H groups in total. The predicted octanol–water partition coefficient (Wildman–Crippen LogP) is 3.96. The van der Waals surface area contributed by atoms with Crippen molar-refractivity contribution >= 4 is 29.5 Å². The number of aryl methyl sites for hydroxylation is 1. The minimum atomic E-state index is -0.687. The average Bonchev–Trinajstić information content (AvgIpc) is 2.93. The zero-order chi connectivity index (χ0) is 20.1. The highest BCUT2D eigenvalue weighted by Crippen LogP contribution is 2.21. The van der Waals surface area contributed by atoms with Crippen LogP contribution in [0.25, 0.3) is 0 Å². The van der Waals surface area contributed by atoms with E-state index in [9.17, 15) is 14.4 Å². The lowest BCUT2D eigenvalue weighted by Gasteiger charge is -2.08. The fourth-order valence-electron chi connectivity index (χ4n) is 2.60. The Morgan fingerprint density at radius 1 is 1.07 bits per heavy atom. The maximum atomic E-state index is 12.4. The SMILES string of the molecule is CSc1ccc(C(=O)COC(=O)c2[nH]c(C)c(C(=O)OC(C)C)c2C)cc1. The van der Waals surface area contributed by atoms with Crippen LogP contribution >= 0.6 is 11.8 Å². The summed E-state index contributed by atoms with van der Waals surface area (Å²) < 4.78 is 10.3. The average molecular weight is 389 g/mol. The van der Waals surface area contributed by atoms with Gasteiger partial charge in [-0.2, -0.15) is 0 Å². The number of benzene rings is 1. The fourth-order valence-corrected chi connectivity index (χ4v) is 3.01. The topological polar surface area (TPSA) is 85.5 Å². The van der Waals surface area contributed by atoms with Crippen LogP contribution in [-0.4, -0.2) is 41.7 Å². The molecule has 2 aromatic rings. The molecule has 2 rings (SSSR count). The number of esters is 2. The number of aromatic nitrogens is 1. The third kappa shape index (κ3) is 5.01. The molecule has 0 radical (unpaired) electrons.